The van der Waals surface area contributed by atoms with Gasteiger partial charge in [0.25, 0.3) is 0 Å². The number of likely N-dealkylation sites (tertiary alicyclic amines) is 1. The highest BCUT2D eigenvalue weighted by molar-refractivity contribution is 5.89. The van der Waals surface area contributed by atoms with Gasteiger partial charge in [-0.3, -0.25) is 9.58 Å². The lowest BCUT2D eigenvalue weighted by Gasteiger charge is -2.37. The third kappa shape index (κ3) is 3.98. The molecule has 3 aliphatic rings. The summed E-state index contributed by atoms with van der Waals surface area (Å²) in [5, 5.41) is 7.44. The molecule has 4 rings (SSSR count). The van der Waals surface area contributed by atoms with Crippen LogP contribution in [0.1, 0.15) is 32.1 Å². The van der Waals surface area contributed by atoms with Crippen LogP contribution in [0.2, 0.25) is 0 Å². The van der Waals surface area contributed by atoms with Crippen molar-refractivity contribution in [2.75, 3.05) is 44.7 Å². The van der Waals surface area contributed by atoms with Crippen molar-refractivity contribution in [3.05, 3.63) is 12.4 Å². The first-order valence-electron chi connectivity index (χ1n) is 9.70. The fraction of sp³-hybridized carbons (Fsp3) is 0.778. The molecule has 0 bridgehead atoms. The van der Waals surface area contributed by atoms with Crippen LogP contribution >= 0.6 is 0 Å². The van der Waals surface area contributed by atoms with Crippen molar-refractivity contribution in [2.45, 2.75) is 44.7 Å². The number of morpholine rings is 1. The van der Waals surface area contributed by atoms with E-state index < -0.39 is 0 Å². The third-order valence-corrected chi connectivity index (χ3v) is 5.89. The Labute approximate surface area is 149 Å². The van der Waals surface area contributed by atoms with Gasteiger partial charge in [0, 0.05) is 38.4 Å². The van der Waals surface area contributed by atoms with E-state index in [-0.39, 0.29) is 6.03 Å². The maximum Gasteiger partial charge on any atom is 0.322 e. The van der Waals surface area contributed by atoms with Crippen molar-refractivity contribution in [3.63, 3.8) is 0 Å². The number of rotatable bonds is 4. The van der Waals surface area contributed by atoms with Crippen LogP contribution in [0, 0.1) is 5.92 Å². The summed E-state index contributed by atoms with van der Waals surface area (Å²) in [7, 11) is 0. The van der Waals surface area contributed by atoms with E-state index in [4.69, 9.17) is 4.74 Å². The molecule has 3 fully saturated rings. The van der Waals surface area contributed by atoms with Gasteiger partial charge in [0.15, 0.2) is 0 Å². The number of hydrogen-bond donors (Lipinski definition) is 1. The van der Waals surface area contributed by atoms with Crippen molar-refractivity contribution >= 4 is 11.7 Å². The fourth-order valence-electron chi connectivity index (χ4n) is 4.52. The van der Waals surface area contributed by atoms with Crippen LogP contribution in [0.5, 0.6) is 0 Å². The second kappa shape index (κ2) is 7.74. The van der Waals surface area contributed by atoms with E-state index in [1.165, 1.54) is 19.3 Å². The topological polar surface area (TPSA) is 62.6 Å². The van der Waals surface area contributed by atoms with E-state index in [1.54, 1.807) is 6.20 Å². The van der Waals surface area contributed by atoms with Gasteiger partial charge in [0.05, 0.1) is 31.6 Å². The van der Waals surface area contributed by atoms with Crippen LogP contribution in [0.25, 0.3) is 0 Å². The molecular weight excluding hydrogens is 318 g/mol. The third-order valence-electron chi connectivity index (χ3n) is 5.89. The summed E-state index contributed by atoms with van der Waals surface area (Å²) >= 11 is 0. The molecule has 2 aliphatic heterocycles. The first kappa shape index (κ1) is 16.8. The van der Waals surface area contributed by atoms with Crippen LogP contribution in [-0.4, -0.2) is 71.0 Å². The molecule has 2 atom stereocenters. The van der Waals surface area contributed by atoms with Gasteiger partial charge in [0.1, 0.15) is 0 Å². The zero-order valence-corrected chi connectivity index (χ0v) is 14.9. The van der Waals surface area contributed by atoms with Crippen molar-refractivity contribution in [2.24, 2.45) is 5.92 Å². The fourth-order valence-corrected chi connectivity index (χ4v) is 4.52. The standard InChI is InChI=1S/C18H29N5O2/c24-18(23-6-2-4-15-3-1-5-17(15)23)20-16-13-19-22(14-16)8-7-21-9-11-25-12-10-21/h13-15,17H,1-12H2,(H,20,24)/t15-,17-/m0/s1. The Morgan fingerprint density at radius 3 is 2.88 bits per heavy atom. The number of amides is 2. The minimum atomic E-state index is 0.0457. The van der Waals surface area contributed by atoms with Crippen LogP contribution in [0.3, 0.4) is 0 Å². The molecule has 7 heteroatoms. The zero-order chi connectivity index (χ0) is 17.1. The molecular formula is C18H29N5O2. The van der Waals surface area contributed by atoms with Crippen LogP contribution in [-0.2, 0) is 11.3 Å². The molecule has 1 saturated carbocycles. The smallest absolute Gasteiger partial charge is 0.322 e. The molecule has 0 aromatic carbocycles. The number of aromatic nitrogens is 2. The van der Waals surface area contributed by atoms with Crippen molar-refractivity contribution in [1.82, 2.24) is 19.6 Å². The molecule has 1 aliphatic carbocycles. The van der Waals surface area contributed by atoms with Gasteiger partial charge in [0.2, 0.25) is 0 Å². The van der Waals surface area contributed by atoms with Gasteiger partial charge in [-0.2, -0.15) is 5.10 Å². The van der Waals surface area contributed by atoms with Crippen LogP contribution < -0.4 is 5.32 Å². The lowest BCUT2D eigenvalue weighted by Crippen LogP contribution is -2.48. The highest BCUT2D eigenvalue weighted by atomic mass is 16.5. The number of nitrogens with one attached hydrogen (secondary N) is 1. The van der Waals surface area contributed by atoms with Gasteiger partial charge >= 0.3 is 6.03 Å². The molecule has 2 amide bonds. The summed E-state index contributed by atoms with van der Waals surface area (Å²) in [4.78, 5) is 17.1. The van der Waals surface area contributed by atoms with Gasteiger partial charge in [-0.1, -0.05) is 6.42 Å². The Hall–Kier alpha value is -1.60. The molecule has 0 radical (unpaired) electrons. The number of carbonyl (C=O) groups excluding carboxylic acids is 1. The second-order valence-electron chi connectivity index (χ2n) is 7.47. The number of fused-ring (bicyclic) bond motifs is 1. The highest BCUT2D eigenvalue weighted by Gasteiger charge is 2.37. The predicted octanol–water partition coefficient (Wildman–Crippen LogP) is 2.01. The highest BCUT2D eigenvalue weighted by Crippen LogP contribution is 2.36. The summed E-state index contributed by atoms with van der Waals surface area (Å²) in [6.07, 6.45) is 9.83. The summed E-state index contributed by atoms with van der Waals surface area (Å²) in [5.74, 6) is 0.718. The van der Waals surface area contributed by atoms with Gasteiger partial charge in [-0.25, -0.2) is 4.79 Å². The SMILES string of the molecule is O=C(Nc1cnn(CCN2CCOCC2)c1)N1CCC[C@@H]2CCC[C@@H]21. The van der Waals surface area contributed by atoms with E-state index in [2.05, 4.69) is 20.2 Å². The minimum Gasteiger partial charge on any atom is -0.379 e. The molecule has 3 heterocycles. The van der Waals surface area contributed by atoms with Crippen LogP contribution in [0.15, 0.2) is 12.4 Å². The molecule has 0 spiro atoms. The number of piperidine rings is 1. The number of hydrogen-bond acceptors (Lipinski definition) is 4. The summed E-state index contributed by atoms with van der Waals surface area (Å²) in [6, 6.07) is 0.495. The Bertz CT molecular complexity index is 584. The predicted molar refractivity (Wildman–Crippen MR) is 95.6 cm³/mol. The maximum absolute atomic E-state index is 12.7. The Balaban J connectivity index is 1.29. The average molecular weight is 347 g/mol. The second-order valence-corrected chi connectivity index (χ2v) is 7.47. The number of carbonyl (C=O) groups is 1. The largest absolute Gasteiger partial charge is 0.379 e. The number of ether oxygens (including phenoxy) is 1. The normalized spacial score (nSPS) is 27.3. The van der Waals surface area contributed by atoms with Crippen LogP contribution in [0.4, 0.5) is 10.5 Å². The minimum absolute atomic E-state index is 0.0457. The van der Waals surface area contributed by atoms with E-state index in [1.807, 2.05) is 10.9 Å². The van der Waals surface area contributed by atoms with Crippen molar-refractivity contribution in [1.29, 1.82) is 0 Å². The Morgan fingerprint density at radius 2 is 2.00 bits per heavy atom. The maximum atomic E-state index is 12.7. The molecule has 25 heavy (non-hydrogen) atoms. The van der Waals surface area contributed by atoms with Gasteiger partial charge in [-0.05, 0) is 31.6 Å². The first-order valence-corrected chi connectivity index (χ1v) is 9.70. The van der Waals surface area contributed by atoms with E-state index in [0.717, 1.165) is 70.4 Å². The molecule has 7 nitrogen and oxygen atoms in total. The van der Waals surface area contributed by atoms with E-state index in [9.17, 15) is 4.79 Å². The summed E-state index contributed by atoms with van der Waals surface area (Å²) in [5.41, 5.74) is 0.798. The van der Waals surface area contributed by atoms with Crippen molar-refractivity contribution < 1.29 is 9.53 Å². The quantitative estimate of drug-likeness (QED) is 0.905. The van der Waals surface area contributed by atoms with Crippen molar-refractivity contribution in [3.8, 4) is 0 Å². The number of nitrogens with zero attached hydrogens (tertiary/aromatic N) is 4. The lowest BCUT2D eigenvalue weighted by molar-refractivity contribution is 0.0360. The summed E-state index contributed by atoms with van der Waals surface area (Å²) < 4.78 is 7.29. The van der Waals surface area contributed by atoms with E-state index in [0.29, 0.717) is 6.04 Å². The number of anilines is 1. The molecule has 1 aromatic heterocycles. The monoisotopic (exact) mass is 347 g/mol. The first-order chi connectivity index (χ1) is 12.3. The average Bonchev–Trinajstić information content (AvgIpc) is 3.29. The summed E-state index contributed by atoms with van der Waals surface area (Å²) in [6.45, 7) is 6.30. The molecule has 1 aromatic rings. The van der Waals surface area contributed by atoms with E-state index >= 15 is 0 Å². The molecule has 1 N–H and O–H groups in total. The lowest BCUT2D eigenvalue weighted by atomic mass is 9.92. The Kier molecular flexibility index (Phi) is 5.22. The molecule has 2 saturated heterocycles. The molecule has 0 unspecified atom stereocenters. The number of urea groups is 1. The molecule has 138 valence electrons. The zero-order valence-electron chi connectivity index (χ0n) is 14.9. The van der Waals surface area contributed by atoms with Gasteiger partial charge in [-0.15, -0.1) is 0 Å². The van der Waals surface area contributed by atoms with Gasteiger partial charge < -0.3 is 15.0 Å². The Morgan fingerprint density at radius 1 is 1.16 bits per heavy atom.